The highest BCUT2D eigenvalue weighted by Crippen LogP contribution is 1.96. The summed E-state index contributed by atoms with van der Waals surface area (Å²) in [5.41, 5.74) is 0. The minimum absolute atomic E-state index is 0.0345. The van der Waals surface area contributed by atoms with Crippen molar-refractivity contribution < 1.29 is 4.79 Å². The molecule has 3 heteroatoms. The lowest BCUT2D eigenvalue weighted by Gasteiger charge is -1.72. The second kappa shape index (κ2) is 4.41. The fourth-order valence-corrected chi connectivity index (χ4v) is 0.481. The Morgan fingerprint density at radius 2 is 2.50 bits per heavy atom. The summed E-state index contributed by atoms with van der Waals surface area (Å²) < 4.78 is 0. The van der Waals surface area contributed by atoms with Gasteiger partial charge in [-0.1, -0.05) is 0 Å². The zero-order chi connectivity index (χ0) is 6.41. The van der Waals surface area contributed by atoms with Gasteiger partial charge in [0.25, 0.3) is 0 Å². The van der Waals surface area contributed by atoms with Crippen molar-refractivity contribution in [2.45, 2.75) is 6.92 Å². The number of rotatable bonds is 2. The summed E-state index contributed by atoms with van der Waals surface area (Å²) in [5, 5.41) is 11.2. The van der Waals surface area contributed by atoms with Crippen molar-refractivity contribution in [3.05, 3.63) is 11.5 Å². The number of hydrogen-bond donors (Lipinski definition) is 0. The van der Waals surface area contributed by atoms with Crippen LogP contribution >= 0.6 is 11.8 Å². The third-order valence-electron chi connectivity index (χ3n) is 0.423. The normalized spacial score (nSPS) is 9.00. The Labute approximate surface area is 52.2 Å². The lowest BCUT2D eigenvalue weighted by molar-refractivity contribution is -0.112. The molecule has 0 heterocycles. The SMILES string of the molecule is CC(=O)C=CSC#N. The Hall–Kier alpha value is -0.750. The van der Waals surface area contributed by atoms with Crippen LogP contribution in [0, 0.1) is 10.7 Å². The van der Waals surface area contributed by atoms with Gasteiger partial charge in [0.05, 0.1) is 0 Å². The maximum atomic E-state index is 10.1. The quantitative estimate of drug-likeness (QED) is 0.414. The highest BCUT2D eigenvalue weighted by Gasteiger charge is 1.78. The highest BCUT2D eigenvalue weighted by atomic mass is 32.2. The summed E-state index contributed by atoms with van der Waals surface area (Å²) in [6.45, 7) is 1.44. The molecular weight excluding hydrogens is 122 g/mol. The number of allylic oxidation sites excluding steroid dienone is 1. The zero-order valence-electron chi connectivity index (χ0n) is 4.42. The number of nitriles is 1. The van der Waals surface area contributed by atoms with Gasteiger partial charge in [0.15, 0.2) is 5.78 Å². The van der Waals surface area contributed by atoms with E-state index < -0.39 is 0 Å². The molecule has 8 heavy (non-hydrogen) atoms. The molecule has 0 aromatic rings. The maximum Gasteiger partial charge on any atom is 0.153 e. The lowest BCUT2D eigenvalue weighted by Crippen LogP contribution is -1.76. The molecule has 0 aliphatic carbocycles. The topological polar surface area (TPSA) is 40.9 Å². The van der Waals surface area contributed by atoms with E-state index in [0.29, 0.717) is 0 Å². The van der Waals surface area contributed by atoms with E-state index in [0.717, 1.165) is 11.8 Å². The number of thioether (sulfide) groups is 1. The Bertz CT molecular complexity index is 145. The predicted molar refractivity (Wildman–Crippen MR) is 33.0 cm³/mol. The molecule has 0 bridgehead atoms. The smallest absolute Gasteiger partial charge is 0.153 e. The average Bonchev–Trinajstić information content (AvgIpc) is 1.66. The van der Waals surface area contributed by atoms with E-state index in [1.165, 1.54) is 18.4 Å². The van der Waals surface area contributed by atoms with Crippen LogP contribution in [0.25, 0.3) is 0 Å². The highest BCUT2D eigenvalue weighted by molar-refractivity contribution is 8.06. The van der Waals surface area contributed by atoms with E-state index in [2.05, 4.69) is 0 Å². The van der Waals surface area contributed by atoms with Crippen LogP contribution in [0.1, 0.15) is 6.92 Å². The van der Waals surface area contributed by atoms with Crippen molar-refractivity contribution >= 4 is 17.5 Å². The van der Waals surface area contributed by atoms with Crippen molar-refractivity contribution in [1.82, 2.24) is 0 Å². The van der Waals surface area contributed by atoms with Crippen molar-refractivity contribution in [3.63, 3.8) is 0 Å². The van der Waals surface area contributed by atoms with Crippen molar-refractivity contribution in [2.75, 3.05) is 0 Å². The number of thiocyanates is 1. The molecule has 0 amide bonds. The summed E-state index contributed by atoms with van der Waals surface area (Å²) in [6.07, 6.45) is 1.36. The van der Waals surface area contributed by atoms with Crippen LogP contribution in [-0.2, 0) is 4.79 Å². The van der Waals surface area contributed by atoms with Crippen LogP contribution in [-0.4, -0.2) is 5.78 Å². The van der Waals surface area contributed by atoms with Gasteiger partial charge in [0, 0.05) is 0 Å². The Balaban J connectivity index is 3.38. The fourth-order valence-electron chi connectivity index (χ4n) is 0.160. The van der Waals surface area contributed by atoms with Crippen molar-refractivity contribution in [2.24, 2.45) is 0 Å². The van der Waals surface area contributed by atoms with Gasteiger partial charge in [-0.3, -0.25) is 4.79 Å². The minimum atomic E-state index is -0.0345. The molecule has 0 radical (unpaired) electrons. The molecule has 0 N–H and O–H groups in total. The van der Waals surface area contributed by atoms with Crippen molar-refractivity contribution in [3.8, 4) is 5.40 Å². The zero-order valence-corrected chi connectivity index (χ0v) is 5.23. The molecule has 0 saturated carbocycles. The second-order valence-corrected chi connectivity index (χ2v) is 1.81. The van der Waals surface area contributed by atoms with Crippen LogP contribution in [0.2, 0.25) is 0 Å². The first kappa shape index (κ1) is 7.25. The number of ketones is 1. The first-order valence-corrected chi connectivity index (χ1v) is 2.87. The van der Waals surface area contributed by atoms with Gasteiger partial charge in [0.2, 0.25) is 0 Å². The third kappa shape index (κ3) is 5.25. The third-order valence-corrected chi connectivity index (χ3v) is 0.801. The molecule has 0 atom stereocenters. The molecule has 0 aliphatic heterocycles. The van der Waals surface area contributed by atoms with E-state index in [1.807, 2.05) is 0 Å². The maximum absolute atomic E-state index is 10.1. The number of nitrogens with zero attached hydrogens (tertiary/aromatic N) is 1. The monoisotopic (exact) mass is 127 g/mol. The molecule has 42 valence electrons. The first-order chi connectivity index (χ1) is 3.77. The van der Waals surface area contributed by atoms with E-state index in [1.54, 1.807) is 5.40 Å². The molecule has 0 spiro atoms. The first-order valence-electron chi connectivity index (χ1n) is 1.99. The lowest BCUT2D eigenvalue weighted by atomic mass is 10.5. The predicted octanol–water partition coefficient (Wildman–Crippen LogP) is 1.30. The summed E-state index contributed by atoms with van der Waals surface area (Å²) in [5.74, 6) is -0.0345. The average molecular weight is 127 g/mol. The van der Waals surface area contributed by atoms with Gasteiger partial charge in [-0.2, -0.15) is 5.26 Å². The van der Waals surface area contributed by atoms with E-state index in [-0.39, 0.29) is 5.78 Å². The molecule has 0 rings (SSSR count). The van der Waals surface area contributed by atoms with Crippen LogP contribution in [0.15, 0.2) is 11.5 Å². The van der Waals surface area contributed by atoms with Crippen LogP contribution in [0.3, 0.4) is 0 Å². The Kier molecular flexibility index (Phi) is 4.00. The van der Waals surface area contributed by atoms with Crippen LogP contribution in [0.4, 0.5) is 0 Å². The minimum Gasteiger partial charge on any atom is -0.295 e. The number of carbonyl (C=O) groups is 1. The van der Waals surface area contributed by atoms with Crippen LogP contribution < -0.4 is 0 Å². The fraction of sp³-hybridized carbons (Fsp3) is 0.200. The molecular formula is C5H5NOS. The van der Waals surface area contributed by atoms with Gasteiger partial charge in [-0.25, -0.2) is 0 Å². The number of hydrogen-bond acceptors (Lipinski definition) is 3. The molecule has 0 unspecified atom stereocenters. The molecule has 0 aromatic heterocycles. The molecule has 0 saturated heterocycles. The van der Waals surface area contributed by atoms with E-state index in [4.69, 9.17) is 5.26 Å². The van der Waals surface area contributed by atoms with Gasteiger partial charge in [-0.05, 0) is 30.2 Å². The van der Waals surface area contributed by atoms with Crippen LogP contribution in [0.5, 0.6) is 0 Å². The summed E-state index contributed by atoms with van der Waals surface area (Å²) >= 11 is 0.941. The van der Waals surface area contributed by atoms with E-state index >= 15 is 0 Å². The van der Waals surface area contributed by atoms with Gasteiger partial charge in [-0.15, -0.1) is 0 Å². The molecule has 0 aromatic carbocycles. The summed E-state index contributed by atoms with van der Waals surface area (Å²) in [4.78, 5) is 10.1. The molecule has 2 nitrogen and oxygen atoms in total. The largest absolute Gasteiger partial charge is 0.295 e. The van der Waals surface area contributed by atoms with E-state index in [9.17, 15) is 4.79 Å². The Morgan fingerprint density at radius 3 is 2.88 bits per heavy atom. The Morgan fingerprint density at radius 1 is 1.88 bits per heavy atom. The summed E-state index contributed by atoms with van der Waals surface area (Å²) in [7, 11) is 0. The summed E-state index contributed by atoms with van der Waals surface area (Å²) in [6, 6.07) is 0. The van der Waals surface area contributed by atoms with Gasteiger partial charge in [0.1, 0.15) is 5.40 Å². The molecule has 0 fully saturated rings. The second-order valence-electron chi connectivity index (χ2n) is 1.12. The molecule has 0 aliphatic rings. The van der Waals surface area contributed by atoms with Gasteiger partial charge < -0.3 is 0 Å². The number of carbonyl (C=O) groups excluding carboxylic acids is 1. The van der Waals surface area contributed by atoms with Crippen molar-refractivity contribution in [1.29, 1.82) is 5.26 Å². The standard InChI is InChI=1S/C5H5NOS/c1-5(7)2-3-8-4-6/h2-3H,1H3. The van der Waals surface area contributed by atoms with Gasteiger partial charge >= 0.3 is 0 Å².